The summed E-state index contributed by atoms with van der Waals surface area (Å²) in [7, 11) is 0. The molecule has 0 aromatic heterocycles. The molecule has 4 rings (SSSR count). The van der Waals surface area contributed by atoms with Gasteiger partial charge in [-0.2, -0.15) is 0 Å². The van der Waals surface area contributed by atoms with Crippen molar-refractivity contribution in [3.05, 3.63) is 11.6 Å². The van der Waals surface area contributed by atoms with Gasteiger partial charge in [-0.15, -0.1) is 0 Å². The molecule has 134 valence electrons. The van der Waals surface area contributed by atoms with E-state index in [0.717, 1.165) is 38.5 Å². The van der Waals surface area contributed by atoms with E-state index in [0.29, 0.717) is 17.8 Å². The lowest BCUT2D eigenvalue weighted by atomic mass is 9.41. The molecule has 0 amide bonds. The zero-order chi connectivity index (χ0) is 17.5. The van der Waals surface area contributed by atoms with Crippen molar-refractivity contribution in [1.82, 2.24) is 0 Å². The minimum absolute atomic E-state index is 0.0754. The minimum atomic E-state index is -0.896. The Balaban J connectivity index is 1.78. The zero-order valence-electron chi connectivity index (χ0n) is 15.5. The number of rotatable bonds is 0. The Morgan fingerprint density at radius 1 is 1.00 bits per heavy atom. The summed E-state index contributed by atoms with van der Waals surface area (Å²) in [5, 5.41) is 21.2. The molecule has 3 nitrogen and oxygen atoms in total. The van der Waals surface area contributed by atoms with E-state index in [1.54, 1.807) is 6.08 Å². The molecule has 1 unspecified atom stereocenters. The number of carbonyl (C=O) groups excluding carboxylic acids is 1. The summed E-state index contributed by atoms with van der Waals surface area (Å²) < 4.78 is 0. The van der Waals surface area contributed by atoms with Crippen LogP contribution in [0.25, 0.3) is 0 Å². The molecule has 0 bridgehead atoms. The van der Waals surface area contributed by atoms with Crippen molar-refractivity contribution in [1.29, 1.82) is 0 Å². The second-order valence-electron chi connectivity index (χ2n) is 9.95. The SMILES string of the molecule is CC1(C)C(O)C(=O)C=C2CC[C@H]3[C@@H]4CC[C@H](O)[C@@]4(C)CC[C@@H]3[C@]21C. The Morgan fingerprint density at radius 3 is 2.42 bits per heavy atom. The second kappa shape index (κ2) is 4.94. The quantitative estimate of drug-likeness (QED) is 0.714. The highest BCUT2D eigenvalue weighted by atomic mass is 16.3. The van der Waals surface area contributed by atoms with Gasteiger partial charge in [0.05, 0.1) is 6.10 Å². The highest BCUT2D eigenvalue weighted by molar-refractivity contribution is 5.96. The molecule has 3 fully saturated rings. The van der Waals surface area contributed by atoms with Crippen molar-refractivity contribution in [2.24, 2.45) is 34.0 Å². The molecule has 4 aliphatic carbocycles. The van der Waals surface area contributed by atoms with Gasteiger partial charge in [-0.1, -0.05) is 33.3 Å². The maximum Gasteiger partial charge on any atom is 0.184 e. The molecule has 3 heteroatoms. The predicted molar refractivity (Wildman–Crippen MR) is 93.3 cm³/mol. The van der Waals surface area contributed by atoms with Gasteiger partial charge in [-0.05, 0) is 73.2 Å². The van der Waals surface area contributed by atoms with E-state index in [4.69, 9.17) is 0 Å². The molecule has 2 N–H and O–H groups in total. The third-order valence-electron chi connectivity index (χ3n) is 9.15. The first kappa shape index (κ1) is 16.8. The van der Waals surface area contributed by atoms with Gasteiger partial charge in [0, 0.05) is 5.41 Å². The summed E-state index contributed by atoms with van der Waals surface area (Å²) in [4.78, 5) is 12.3. The molecular weight excluding hydrogens is 300 g/mol. The summed E-state index contributed by atoms with van der Waals surface area (Å²) in [6.45, 7) is 8.77. The van der Waals surface area contributed by atoms with Gasteiger partial charge in [0.1, 0.15) is 6.10 Å². The van der Waals surface area contributed by atoms with Crippen LogP contribution in [0.3, 0.4) is 0 Å². The van der Waals surface area contributed by atoms with Crippen molar-refractivity contribution in [3.63, 3.8) is 0 Å². The molecule has 0 saturated heterocycles. The van der Waals surface area contributed by atoms with Gasteiger partial charge in [0.25, 0.3) is 0 Å². The highest BCUT2D eigenvalue weighted by Crippen LogP contribution is 2.68. The first-order valence-corrected chi connectivity index (χ1v) is 9.75. The van der Waals surface area contributed by atoms with Crippen molar-refractivity contribution in [2.45, 2.75) is 78.4 Å². The van der Waals surface area contributed by atoms with Gasteiger partial charge in [-0.25, -0.2) is 0 Å². The van der Waals surface area contributed by atoms with E-state index in [-0.39, 0.29) is 22.7 Å². The number of hydrogen-bond donors (Lipinski definition) is 2. The highest BCUT2D eigenvalue weighted by Gasteiger charge is 2.64. The number of aliphatic hydroxyl groups excluding tert-OH is 2. The van der Waals surface area contributed by atoms with E-state index >= 15 is 0 Å². The number of ketones is 1. The smallest absolute Gasteiger partial charge is 0.184 e. The summed E-state index contributed by atoms with van der Waals surface area (Å²) in [6, 6.07) is 0. The molecule has 0 spiro atoms. The molecule has 7 atom stereocenters. The number of hydrogen-bond acceptors (Lipinski definition) is 3. The van der Waals surface area contributed by atoms with Crippen molar-refractivity contribution >= 4 is 5.78 Å². The molecule has 0 aromatic carbocycles. The first-order valence-electron chi connectivity index (χ1n) is 9.75. The lowest BCUT2D eigenvalue weighted by Crippen LogP contribution is -2.60. The lowest BCUT2D eigenvalue weighted by Gasteiger charge is -2.63. The van der Waals surface area contributed by atoms with Crippen LogP contribution in [0.4, 0.5) is 0 Å². The van der Waals surface area contributed by atoms with Crippen LogP contribution in [0, 0.1) is 34.0 Å². The van der Waals surface area contributed by atoms with E-state index in [2.05, 4.69) is 27.7 Å². The summed E-state index contributed by atoms with van der Waals surface area (Å²) in [5.74, 6) is 1.61. The number of allylic oxidation sites excluding steroid dienone is 1. The van der Waals surface area contributed by atoms with E-state index in [1.807, 2.05) is 0 Å². The summed E-state index contributed by atoms with van der Waals surface area (Å²) >= 11 is 0. The Morgan fingerprint density at radius 2 is 1.71 bits per heavy atom. The fourth-order valence-electron chi connectivity index (χ4n) is 7.20. The van der Waals surface area contributed by atoms with Crippen molar-refractivity contribution < 1.29 is 15.0 Å². The van der Waals surface area contributed by atoms with Crippen LogP contribution >= 0.6 is 0 Å². The monoisotopic (exact) mass is 332 g/mol. The molecule has 0 heterocycles. The summed E-state index contributed by atoms with van der Waals surface area (Å²) in [6.07, 6.45) is 7.08. The first-order chi connectivity index (χ1) is 11.1. The van der Waals surface area contributed by atoms with Crippen molar-refractivity contribution in [2.75, 3.05) is 0 Å². The second-order valence-corrected chi connectivity index (χ2v) is 9.95. The molecule has 0 aromatic rings. The predicted octanol–water partition coefficient (Wildman–Crippen LogP) is 3.49. The summed E-state index contributed by atoms with van der Waals surface area (Å²) in [5.41, 5.74) is 0.804. The topological polar surface area (TPSA) is 57.5 Å². The Kier molecular flexibility index (Phi) is 3.46. The Hall–Kier alpha value is -0.670. The standard InChI is InChI=1S/C21H32O3/c1-19(2)18(24)16(22)11-12-5-6-13-14-7-8-17(23)20(14,3)10-9-15(13)21(12,19)4/h11,13-15,17-18,23-24H,5-10H2,1-4H3/t13-,14-,15-,17-,18?,20-,21-/m0/s1. The molecule has 3 saturated carbocycles. The van der Waals surface area contributed by atoms with Gasteiger partial charge >= 0.3 is 0 Å². The third-order valence-corrected chi connectivity index (χ3v) is 9.15. The Bertz CT molecular complexity index is 606. The molecule has 0 radical (unpaired) electrons. The number of fused-ring (bicyclic) bond motifs is 5. The number of aliphatic hydroxyl groups is 2. The van der Waals surface area contributed by atoms with Gasteiger partial charge in [-0.3, -0.25) is 4.79 Å². The van der Waals surface area contributed by atoms with Gasteiger partial charge in [0.15, 0.2) is 5.78 Å². The third kappa shape index (κ3) is 1.78. The van der Waals surface area contributed by atoms with E-state index < -0.39 is 11.5 Å². The van der Waals surface area contributed by atoms with Crippen LogP contribution in [-0.2, 0) is 4.79 Å². The van der Waals surface area contributed by atoms with Crippen molar-refractivity contribution in [3.8, 4) is 0 Å². The largest absolute Gasteiger partial charge is 0.393 e. The van der Waals surface area contributed by atoms with Crippen LogP contribution in [0.2, 0.25) is 0 Å². The van der Waals surface area contributed by atoms with E-state index in [1.165, 1.54) is 5.57 Å². The lowest BCUT2D eigenvalue weighted by molar-refractivity contribution is -0.154. The Labute approximate surface area is 145 Å². The van der Waals surface area contributed by atoms with Crippen LogP contribution in [0.1, 0.15) is 66.2 Å². The number of carbonyl (C=O) groups is 1. The molecule has 4 aliphatic rings. The van der Waals surface area contributed by atoms with E-state index in [9.17, 15) is 15.0 Å². The van der Waals surface area contributed by atoms with Crippen LogP contribution in [-0.4, -0.2) is 28.2 Å². The molecule has 0 aliphatic heterocycles. The van der Waals surface area contributed by atoms with Gasteiger partial charge < -0.3 is 10.2 Å². The fraction of sp³-hybridized carbons (Fsp3) is 0.857. The maximum atomic E-state index is 12.3. The minimum Gasteiger partial charge on any atom is -0.393 e. The van der Waals surface area contributed by atoms with Crippen LogP contribution in [0.15, 0.2) is 11.6 Å². The average Bonchev–Trinajstić information content (AvgIpc) is 2.83. The van der Waals surface area contributed by atoms with Crippen LogP contribution < -0.4 is 0 Å². The zero-order valence-corrected chi connectivity index (χ0v) is 15.5. The van der Waals surface area contributed by atoms with Crippen LogP contribution in [0.5, 0.6) is 0 Å². The maximum absolute atomic E-state index is 12.3. The average molecular weight is 332 g/mol. The fourth-order valence-corrected chi connectivity index (χ4v) is 7.20. The molecular formula is C21H32O3. The molecule has 24 heavy (non-hydrogen) atoms. The van der Waals surface area contributed by atoms with Gasteiger partial charge in [0.2, 0.25) is 0 Å². The normalized spacial score (nSPS) is 53.0.